The van der Waals surface area contributed by atoms with E-state index in [1.165, 1.54) is 0 Å². The van der Waals surface area contributed by atoms with Crippen LogP contribution in [0.5, 0.6) is 0 Å². The maximum atomic E-state index is 5.92. The van der Waals surface area contributed by atoms with Gasteiger partial charge in [-0.1, -0.05) is 18.2 Å². The zero-order valence-electron chi connectivity index (χ0n) is 12.1. The molecular weight excluding hydrogens is 286 g/mol. The molecule has 1 aromatic carbocycles. The topological polar surface area (TPSA) is 39.9 Å². The molecule has 3 aromatic rings. The number of hydrogen-bond acceptors (Lipinski definition) is 3. The minimum atomic E-state index is 0.568. The maximum absolute atomic E-state index is 5.92. The maximum Gasteiger partial charge on any atom is 0.111 e. The number of ether oxygens (including phenoxy) is 1. The Kier molecular flexibility index (Phi) is 4.36. The van der Waals surface area contributed by atoms with E-state index in [4.69, 9.17) is 21.3 Å². The van der Waals surface area contributed by atoms with E-state index in [9.17, 15) is 0 Å². The summed E-state index contributed by atoms with van der Waals surface area (Å²) in [5, 5.41) is 1.14. The lowest BCUT2D eigenvalue weighted by molar-refractivity contribution is 0.190. The molecule has 0 atom stereocenters. The van der Waals surface area contributed by atoms with E-state index in [0.29, 0.717) is 5.88 Å². The van der Waals surface area contributed by atoms with Crippen LogP contribution in [0, 0.1) is 0 Å². The van der Waals surface area contributed by atoms with Gasteiger partial charge in [0.1, 0.15) is 11.3 Å². The van der Waals surface area contributed by atoms with E-state index in [1.54, 1.807) is 7.11 Å². The number of halogens is 1. The molecule has 0 saturated heterocycles. The Morgan fingerprint density at radius 2 is 2.10 bits per heavy atom. The van der Waals surface area contributed by atoms with Gasteiger partial charge in [-0.15, -0.1) is 11.6 Å². The lowest BCUT2D eigenvalue weighted by Crippen LogP contribution is -2.07. The van der Waals surface area contributed by atoms with Gasteiger partial charge in [-0.05, 0) is 12.5 Å². The second kappa shape index (κ2) is 6.41. The van der Waals surface area contributed by atoms with Crippen LogP contribution in [0.4, 0.5) is 0 Å². The van der Waals surface area contributed by atoms with Crippen LogP contribution in [0.15, 0.2) is 30.5 Å². The smallest absolute Gasteiger partial charge is 0.111 e. The number of aromatic nitrogens is 3. The number of alkyl halides is 1. The van der Waals surface area contributed by atoms with Crippen LogP contribution in [0.25, 0.3) is 21.9 Å². The average molecular weight is 304 g/mol. The van der Waals surface area contributed by atoms with Crippen molar-refractivity contribution in [3.63, 3.8) is 0 Å². The zero-order valence-corrected chi connectivity index (χ0v) is 12.8. The number of rotatable bonds is 6. The predicted octanol–water partition coefficient (Wildman–Crippen LogP) is 3.40. The highest BCUT2D eigenvalue weighted by Gasteiger charge is 2.13. The Labute approximate surface area is 128 Å². The van der Waals surface area contributed by atoms with Crippen molar-refractivity contribution >= 4 is 33.5 Å². The summed E-state index contributed by atoms with van der Waals surface area (Å²) in [4.78, 5) is 9.19. The third-order valence-corrected chi connectivity index (χ3v) is 3.80. The van der Waals surface area contributed by atoms with Gasteiger partial charge < -0.3 is 9.30 Å². The fourth-order valence-corrected chi connectivity index (χ4v) is 2.86. The minimum Gasteiger partial charge on any atom is -0.385 e. The Bertz CT molecular complexity index is 754. The van der Waals surface area contributed by atoms with Gasteiger partial charge in [-0.2, -0.15) is 0 Å². The molecule has 0 aliphatic rings. The molecule has 0 amide bonds. The van der Waals surface area contributed by atoms with Crippen molar-refractivity contribution in [3.05, 3.63) is 36.3 Å². The molecule has 0 aliphatic heterocycles. The van der Waals surface area contributed by atoms with E-state index in [0.717, 1.165) is 53.8 Å². The van der Waals surface area contributed by atoms with Crippen molar-refractivity contribution in [2.75, 3.05) is 19.6 Å². The quantitative estimate of drug-likeness (QED) is 0.517. The number of nitrogens with zero attached hydrogens (tertiary/aromatic N) is 3. The van der Waals surface area contributed by atoms with E-state index in [-0.39, 0.29) is 0 Å². The fourth-order valence-electron chi connectivity index (χ4n) is 2.69. The molecule has 4 nitrogen and oxygen atoms in total. The van der Waals surface area contributed by atoms with Crippen LogP contribution in [-0.2, 0) is 17.7 Å². The van der Waals surface area contributed by atoms with Crippen molar-refractivity contribution < 1.29 is 4.74 Å². The Hall–Kier alpha value is -1.65. The number of para-hydroxylation sites is 1. The van der Waals surface area contributed by atoms with Crippen LogP contribution < -0.4 is 0 Å². The van der Waals surface area contributed by atoms with Gasteiger partial charge in [0.25, 0.3) is 0 Å². The lowest BCUT2D eigenvalue weighted by Gasteiger charge is -2.09. The molecule has 2 heterocycles. The van der Waals surface area contributed by atoms with Gasteiger partial charge in [0, 0.05) is 37.9 Å². The third-order valence-electron chi connectivity index (χ3n) is 3.61. The van der Waals surface area contributed by atoms with E-state index in [1.807, 2.05) is 24.4 Å². The first-order valence-corrected chi connectivity index (χ1v) is 7.66. The van der Waals surface area contributed by atoms with Crippen LogP contribution in [0.1, 0.15) is 12.2 Å². The van der Waals surface area contributed by atoms with Crippen LogP contribution in [0.2, 0.25) is 0 Å². The molecular formula is C16H18ClN3O. The van der Waals surface area contributed by atoms with E-state index in [2.05, 4.69) is 15.6 Å². The average Bonchev–Trinajstić information content (AvgIpc) is 2.86. The highest BCUT2D eigenvalue weighted by molar-refractivity contribution is 6.18. The van der Waals surface area contributed by atoms with Crippen molar-refractivity contribution in [1.82, 2.24) is 14.5 Å². The first kappa shape index (κ1) is 14.3. The molecule has 21 heavy (non-hydrogen) atoms. The van der Waals surface area contributed by atoms with Crippen LogP contribution in [-0.4, -0.2) is 34.1 Å². The fraction of sp³-hybridized carbons (Fsp3) is 0.375. The molecule has 110 valence electrons. The van der Waals surface area contributed by atoms with Gasteiger partial charge in [0.2, 0.25) is 0 Å². The molecule has 0 spiro atoms. The molecule has 5 heteroatoms. The summed E-state index contributed by atoms with van der Waals surface area (Å²) >= 11 is 5.92. The first-order valence-electron chi connectivity index (χ1n) is 7.13. The minimum absolute atomic E-state index is 0.568. The monoisotopic (exact) mass is 303 g/mol. The zero-order chi connectivity index (χ0) is 14.7. The van der Waals surface area contributed by atoms with Gasteiger partial charge in [-0.3, -0.25) is 4.98 Å². The number of aryl methyl sites for hydroxylation is 2. The van der Waals surface area contributed by atoms with Crippen molar-refractivity contribution in [3.8, 4) is 0 Å². The lowest BCUT2D eigenvalue weighted by atomic mass is 10.2. The summed E-state index contributed by atoms with van der Waals surface area (Å²) in [6.07, 6.45) is 3.56. The molecule has 0 aliphatic carbocycles. The molecule has 0 radical (unpaired) electrons. The van der Waals surface area contributed by atoms with Gasteiger partial charge in [0.15, 0.2) is 0 Å². The normalized spacial score (nSPS) is 11.5. The number of imidazole rings is 1. The molecule has 0 fully saturated rings. The standard InChI is InChI=1S/C16H18ClN3O/c1-21-10-4-9-20-15(7-8-17)19-14-11-18-13-6-3-2-5-12(13)16(14)20/h2-3,5-6,11H,4,7-10H2,1H3. The molecule has 0 unspecified atom stereocenters. The molecule has 0 N–H and O–H groups in total. The molecule has 0 saturated carbocycles. The van der Waals surface area contributed by atoms with Crippen LogP contribution >= 0.6 is 11.6 Å². The predicted molar refractivity (Wildman–Crippen MR) is 86.0 cm³/mol. The molecule has 2 aromatic heterocycles. The van der Waals surface area contributed by atoms with E-state index >= 15 is 0 Å². The van der Waals surface area contributed by atoms with Crippen molar-refractivity contribution in [1.29, 1.82) is 0 Å². The second-order valence-corrected chi connectivity index (χ2v) is 5.35. The van der Waals surface area contributed by atoms with Crippen LogP contribution in [0.3, 0.4) is 0 Å². The molecule has 0 bridgehead atoms. The Morgan fingerprint density at radius 1 is 1.24 bits per heavy atom. The number of benzene rings is 1. The highest BCUT2D eigenvalue weighted by atomic mass is 35.5. The number of methoxy groups -OCH3 is 1. The highest BCUT2D eigenvalue weighted by Crippen LogP contribution is 2.25. The number of hydrogen-bond donors (Lipinski definition) is 0. The summed E-state index contributed by atoms with van der Waals surface area (Å²) in [6, 6.07) is 8.18. The van der Waals surface area contributed by atoms with Crippen molar-refractivity contribution in [2.24, 2.45) is 0 Å². The Morgan fingerprint density at radius 3 is 2.90 bits per heavy atom. The second-order valence-electron chi connectivity index (χ2n) is 4.97. The summed E-state index contributed by atoms with van der Waals surface area (Å²) in [5.74, 6) is 1.59. The third kappa shape index (κ3) is 2.74. The number of fused-ring (bicyclic) bond motifs is 3. The van der Waals surface area contributed by atoms with Crippen molar-refractivity contribution in [2.45, 2.75) is 19.4 Å². The van der Waals surface area contributed by atoms with Gasteiger partial charge >= 0.3 is 0 Å². The van der Waals surface area contributed by atoms with E-state index < -0.39 is 0 Å². The van der Waals surface area contributed by atoms with Gasteiger partial charge in [-0.25, -0.2) is 4.98 Å². The summed E-state index contributed by atoms with van der Waals surface area (Å²) in [5.41, 5.74) is 3.08. The largest absolute Gasteiger partial charge is 0.385 e. The summed E-state index contributed by atoms with van der Waals surface area (Å²) in [7, 11) is 1.73. The number of pyridine rings is 1. The van der Waals surface area contributed by atoms with Gasteiger partial charge in [0.05, 0.1) is 17.2 Å². The SMILES string of the molecule is COCCCn1c(CCCl)nc2cnc3ccccc3c21. The summed E-state index contributed by atoms with van der Waals surface area (Å²) < 4.78 is 7.43. The molecule has 3 rings (SSSR count). The first-order chi connectivity index (χ1) is 10.3. The summed E-state index contributed by atoms with van der Waals surface area (Å²) in [6.45, 7) is 1.62. The Balaban J connectivity index is 2.17.